The van der Waals surface area contributed by atoms with Crippen LogP contribution in [0.2, 0.25) is 0 Å². The zero-order valence-electron chi connectivity index (χ0n) is 16.1. The van der Waals surface area contributed by atoms with Crippen LogP contribution < -0.4 is 15.4 Å². The quantitative estimate of drug-likeness (QED) is 0.527. The number of nitrogens with zero attached hydrogens (tertiary/aromatic N) is 2. The first kappa shape index (κ1) is 19.1. The lowest BCUT2D eigenvalue weighted by atomic mass is 10.2. The van der Waals surface area contributed by atoms with Crippen molar-refractivity contribution in [1.82, 2.24) is 9.97 Å². The monoisotopic (exact) mass is 398 g/mol. The summed E-state index contributed by atoms with van der Waals surface area (Å²) in [5, 5.41) is 6.55. The summed E-state index contributed by atoms with van der Waals surface area (Å²) in [7, 11) is 1.49. The van der Waals surface area contributed by atoms with Crippen molar-refractivity contribution in [3.05, 3.63) is 90.4 Å². The molecule has 0 radical (unpaired) electrons. The molecule has 0 bridgehead atoms. The lowest BCUT2D eigenvalue weighted by molar-refractivity contribution is 0.101. The molecule has 4 aromatic rings. The van der Waals surface area contributed by atoms with Gasteiger partial charge in [0.15, 0.2) is 0 Å². The third kappa shape index (κ3) is 4.10. The molecule has 2 aromatic carbocycles. The van der Waals surface area contributed by atoms with Crippen LogP contribution in [0.15, 0.2) is 79.1 Å². The maximum absolute atomic E-state index is 12.6. The van der Waals surface area contributed by atoms with Crippen LogP contribution in [-0.4, -0.2) is 28.9 Å². The molecule has 2 amide bonds. The molecule has 2 aromatic heterocycles. The largest absolute Gasteiger partial charge is 0.494 e. The van der Waals surface area contributed by atoms with Gasteiger partial charge in [0.25, 0.3) is 11.8 Å². The van der Waals surface area contributed by atoms with Crippen LogP contribution in [-0.2, 0) is 0 Å². The molecule has 0 atom stereocenters. The predicted octanol–water partition coefficient (Wildman–Crippen LogP) is 4.14. The fraction of sp³-hybridized carbons (Fsp3) is 0.0435. The second-order valence-electron chi connectivity index (χ2n) is 6.45. The van der Waals surface area contributed by atoms with E-state index in [1.807, 2.05) is 30.3 Å². The minimum Gasteiger partial charge on any atom is -0.494 e. The summed E-state index contributed by atoms with van der Waals surface area (Å²) in [6, 6.07) is 19.5. The van der Waals surface area contributed by atoms with E-state index in [0.717, 1.165) is 10.9 Å². The third-order valence-electron chi connectivity index (χ3n) is 4.46. The van der Waals surface area contributed by atoms with Gasteiger partial charge in [0.1, 0.15) is 11.4 Å². The second kappa shape index (κ2) is 8.40. The topological polar surface area (TPSA) is 93.2 Å². The van der Waals surface area contributed by atoms with Gasteiger partial charge in [-0.05, 0) is 36.4 Å². The molecule has 2 heterocycles. The number of nitrogens with one attached hydrogen (secondary N) is 2. The number of ether oxygens (including phenoxy) is 1. The zero-order valence-corrected chi connectivity index (χ0v) is 16.1. The number of methoxy groups -OCH3 is 1. The van der Waals surface area contributed by atoms with Gasteiger partial charge in [-0.25, -0.2) is 4.98 Å². The summed E-state index contributed by atoms with van der Waals surface area (Å²) >= 11 is 0. The minimum absolute atomic E-state index is 0.307. The normalized spacial score (nSPS) is 10.4. The Kier molecular flexibility index (Phi) is 5.34. The van der Waals surface area contributed by atoms with Crippen molar-refractivity contribution in [2.75, 3.05) is 17.7 Å². The van der Waals surface area contributed by atoms with Gasteiger partial charge in [0.05, 0.1) is 23.9 Å². The highest BCUT2D eigenvalue weighted by molar-refractivity contribution is 6.06. The number of carbonyl (C=O) groups is 2. The average molecular weight is 398 g/mol. The Bertz CT molecular complexity index is 1230. The van der Waals surface area contributed by atoms with Gasteiger partial charge in [-0.1, -0.05) is 24.3 Å². The Balaban J connectivity index is 1.51. The first-order chi connectivity index (χ1) is 14.6. The molecule has 148 valence electrons. The SMILES string of the molecule is COc1cc(NC(=O)c2ccc3ccccc3n2)ccc1NC(=O)c1cccnc1. The van der Waals surface area contributed by atoms with Crippen molar-refractivity contribution in [2.45, 2.75) is 0 Å². The van der Waals surface area contributed by atoms with Gasteiger partial charge in [-0.3, -0.25) is 14.6 Å². The standard InChI is InChI=1S/C23H18N4O3/c1-30-21-13-17(9-11-19(21)27-22(28)16-6-4-12-24-14-16)25-23(29)20-10-8-15-5-2-3-7-18(15)26-20/h2-14H,1H3,(H,25,29)(H,27,28). The van der Waals surface area contributed by atoms with Crippen molar-refractivity contribution in [3.63, 3.8) is 0 Å². The number of aromatic nitrogens is 2. The molecule has 4 rings (SSSR count). The molecular formula is C23H18N4O3. The number of carbonyl (C=O) groups excluding carboxylic acids is 2. The van der Waals surface area contributed by atoms with Crippen LogP contribution in [0.4, 0.5) is 11.4 Å². The number of anilines is 2. The number of benzene rings is 2. The van der Waals surface area contributed by atoms with Crippen molar-refractivity contribution >= 4 is 34.1 Å². The molecule has 0 aliphatic rings. The highest BCUT2D eigenvalue weighted by Crippen LogP contribution is 2.28. The van der Waals surface area contributed by atoms with E-state index in [1.165, 1.54) is 13.3 Å². The van der Waals surface area contributed by atoms with Gasteiger partial charge < -0.3 is 15.4 Å². The summed E-state index contributed by atoms with van der Waals surface area (Å²) < 4.78 is 5.37. The smallest absolute Gasteiger partial charge is 0.274 e. The van der Waals surface area contributed by atoms with Crippen LogP contribution in [0.1, 0.15) is 20.8 Å². The number of hydrogen-bond donors (Lipinski definition) is 2. The van der Waals surface area contributed by atoms with E-state index in [0.29, 0.717) is 28.4 Å². The molecule has 7 heteroatoms. The molecule has 0 unspecified atom stereocenters. The maximum atomic E-state index is 12.6. The molecule has 0 fully saturated rings. The van der Waals surface area contributed by atoms with Crippen molar-refractivity contribution in [2.24, 2.45) is 0 Å². The average Bonchev–Trinajstić information content (AvgIpc) is 2.80. The molecule has 0 saturated heterocycles. The van der Waals surface area contributed by atoms with Crippen molar-refractivity contribution in [3.8, 4) is 5.75 Å². The molecule has 2 N–H and O–H groups in total. The van der Waals surface area contributed by atoms with Crippen molar-refractivity contribution < 1.29 is 14.3 Å². The van der Waals surface area contributed by atoms with E-state index < -0.39 is 0 Å². The summed E-state index contributed by atoms with van der Waals surface area (Å²) in [6.07, 6.45) is 3.08. The summed E-state index contributed by atoms with van der Waals surface area (Å²) in [4.78, 5) is 33.3. The van der Waals surface area contributed by atoms with Gasteiger partial charge in [-0.15, -0.1) is 0 Å². The summed E-state index contributed by atoms with van der Waals surface area (Å²) in [5.41, 5.74) is 2.48. The molecule has 30 heavy (non-hydrogen) atoms. The molecule has 0 spiro atoms. The lowest BCUT2D eigenvalue weighted by Gasteiger charge is -2.12. The van der Waals surface area contributed by atoms with Gasteiger partial charge in [0.2, 0.25) is 0 Å². The Hall–Kier alpha value is -4.26. The zero-order chi connectivity index (χ0) is 20.9. The van der Waals surface area contributed by atoms with Gasteiger partial charge in [-0.2, -0.15) is 0 Å². The van der Waals surface area contributed by atoms with Crippen molar-refractivity contribution in [1.29, 1.82) is 0 Å². The Morgan fingerprint density at radius 3 is 2.57 bits per heavy atom. The Labute approximate surface area is 172 Å². The van der Waals surface area contributed by atoms with Gasteiger partial charge >= 0.3 is 0 Å². The van der Waals surface area contributed by atoms with E-state index in [1.54, 1.807) is 42.6 Å². The Morgan fingerprint density at radius 1 is 0.900 bits per heavy atom. The molecular weight excluding hydrogens is 380 g/mol. The van der Waals surface area contributed by atoms with Gasteiger partial charge in [0, 0.05) is 29.5 Å². The van der Waals surface area contributed by atoms with E-state index in [4.69, 9.17) is 4.74 Å². The highest BCUT2D eigenvalue weighted by Gasteiger charge is 2.13. The van der Waals surface area contributed by atoms with Crippen LogP contribution in [0, 0.1) is 0 Å². The lowest BCUT2D eigenvalue weighted by Crippen LogP contribution is -2.15. The highest BCUT2D eigenvalue weighted by atomic mass is 16.5. The number of amides is 2. The number of para-hydroxylation sites is 1. The molecule has 0 aliphatic carbocycles. The van der Waals surface area contributed by atoms with E-state index in [-0.39, 0.29) is 11.8 Å². The molecule has 0 aliphatic heterocycles. The maximum Gasteiger partial charge on any atom is 0.274 e. The first-order valence-electron chi connectivity index (χ1n) is 9.20. The second-order valence-corrected chi connectivity index (χ2v) is 6.45. The van der Waals surface area contributed by atoms with Crippen LogP contribution >= 0.6 is 0 Å². The van der Waals surface area contributed by atoms with E-state index >= 15 is 0 Å². The molecule has 7 nitrogen and oxygen atoms in total. The number of rotatable bonds is 5. The number of hydrogen-bond acceptors (Lipinski definition) is 5. The minimum atomic E-state index is -0.338. The molecule has 0 saturated carbocycles. The van der Waals surface area contributed by atoms with E-state index in [9.17, 15) is 9.59 Å². The predicted molar refractivity (Wildman–Crippen MR) is 115 cm³/mol. The van der Waals surface area contributed by atoms with Crippen LogP contribution in [0.25, 0.3) is 10.9 Å². The van der Waals surface area contributed by atoms with Crippen LogP contribution in [0.5, 0.6) is 5.75 Å². The number of fused-ring (bicyclic) bond motifs is 1. The summed E-state index contributed by atoms with van der Waals surface area (Å²) in [5.74, 6) is -0.231. The van der Waals surface area contributed by atoms with Crippen LogP contribution in [0.3, 0.4) is 0 Å². The van der Waals surface area contributed by atoms with E-state index in [2.05, 4.69) is 20.6 Å². The number of pyridine rings is 2. The third-order valence-corrected chi connectivity index (χ3v) is 4.46. The fourth-order valence-corrected chi connectivity index (χ4v) is 2.95. The fourth-order valence-electron chi connectivity index (χ4n) is 2.95. The summed E-state index contributed by atoms with van der Waals surface area (Å²) in [6.45, 7) is 0. The first-order valence-corrected chi connectivity index (χ1v) is 9.20. The Morgan fingerprint density at radius 2 is 1.77 bits per heavy atom.